The first-order valence-electron chi connectivity index (χ1n) is 6.79. The average Bonchev–Trinajstić information content (AvgIpc) is 2.42. The number of amides is 2. The Morgan fingerprint density at radius 2 is 1.48 bits per heavy atom. The van der Waals surface area contributed by atoms with Crippen molar-refractivity contribution >= 4 is 23.5 Å². The van der Waals surface area contributed by atoms with E-state index >= 15 is 0 Å². The van der Waals surface area contributed by atoms with Crippen LogP contribution in [0.3, 0.4) is 0 Å². The van der Waals surface area contributed by atoms with Crippen LogP contribution < -0.4 is 5.32 Å². The van der Waals surface area contributed by atoms with Crippen molar-refractivity contribution in [3.05, 3.63) is 70.3 Å². The lowest BCUT2D eigenvalue weighted by molar-refractivity contribution is -0.114. The smallest absolute Gasteiger partial charge is 0.258 e. The number of hydrogen-bond acceptors (Lipinski definition) is 2. The SMILES string of the molecule is Cc1cc(C)cc(/C=C2\C(=O)NC(=O)c3ccccc32)c1. The standard InChI is InChI=1S/C18H15NO2/c1-11-7-12(2)9-13(8-11)10-16-14-5-3-4-6-15(14)17(20)19-18(16)21/h3-10H,1-2H3,(H,19,20,21)/b16-10-. The van der Waals surface area contributed by atoms with E-state index < -0.39 is 0 Å². The van der Waals surface area contributed by atoms with E-state index in [4.69, 9.17) is 0 Å². The summed E-state index contributed by atoms with van der Waals surface area (Å²) in [6, 6.07) is 13.3. The Morgan fingerprint density at radius 3 is 2.14 bits per heavy atom. The predicted molar refractivity (Wildman–Crippen MR) is 82.7 cm³/mol. The quantitative estimate of drug-likeness (QED) is 0.643. The van der Waals surface area contributed by atoms with Crippen LogP contribution in [0.1, 0.15) is 32.6 Å². The van der Waals surface area contributed by atoms with E-state index in [-0.39, 0.29) is 11.8 Å². The minimum atomic E-state index is -0.349. The molecule has 0 bridgehead atoms. The maximum absolute atomic E-state index is 12.1. The maximum atomic E-state index is 12.1. The van der Waals surface area contributed by atoms with E-state index in [9.17, 15) is 9.59 Å². The fraction of sp³-hybridized carbons (Fsp3) is 0.111. The number of fused-ring (bicyclic) bond motifs is 1. The number of benzene rings is 2. The second-order valence-corrected chi connectivity index (χ2v) is 5.31. The van der Waals surface area contributed by atoms with Gasteiger partial charge >= 0.3 is 0 Å². The predicted octanol–water partition coefficient (Wildman–Crippen LogP) is 3.11. The van der Waals surface area contributed by atoms with Crippen LogP contribution in [0.5, 0.6) is 0 Å². The highest BCUT2D eigenvalue weighted by Gasteiger charge is 2.26. The minimum absolute atomic E-state index is 0.340. The monoisotopic (exact) mass is 277 g/mol. The Morgan fingerprint density at radius 1 is 0.857 bits per heavy atom. The topological polar surface area (TPSA) is 46.2 Å². The van der Waals surface area contributed by atoms with Gasteiger partial charge in [0, 0.05) is 11.1 Å². The highest BCUT2D eigenvalue weighted by atomic mass is 16.2. The third kappa shape index (κ3) is 2.50. The second kappa shape index (κ2) is 5.02. The molecule has 0 saturated carbocycles. The molecular formula is C18H15NO2. The third-order valence-electron chi connectivity index (χ3n) is 3.49. The van der Waals surface area contributed by atoms with Gasteiger partial charge in [-0.1, -0.05) is 47.5 Å². The first kappa shape index (κ1) is 13.3. The van der Waals surface area contributed by atoms with Gasteiger partial charge in [0.15, 0.2) is 0 Å². The summed E-state index contributed by atoms with van der Waals surface area (Å²) in [5.74, 6) is -0.689. The molecule has 0 atom stereocenters. The van der Waals surface area contributed by atoms with Gasteiger partial charge in [-0.25, -0.2) is 0 Å². The molecule has 0 aromatic heterocycles. The van der Waals surface area contributed by atoms with Gasteiger partial charge < -0.3 is 0 Å². The van der Waals surface area contributed by atoms with Crippen molar-refractivity contribution in [2.75, 3.05) is 0 Å². The fourth-order valence-electron chi connectivity index (χ4n) is 2.68. The number of rotatable bonds is 1. The van der Waals surface area contributed by atoms with Crippen LogP contribution in [0, 0.1) is 13.8 Å². The van der Waals surface area contributed by atoms with Crippen LogP contribution in [-0.2, 0) is 4.79 Å². The highest BCUT2D eigenvalue weighted by Crippen LogP contribution is 2.26. The molecule has 0 saturated heterocycles. The summed E-state index contributed by atoms with van der Waals surface area (Å²) in [4.78, 5) is 24.0. The zero-order chi connectivity index (χ0) is 15.0. The van der Waals surface area contributed by atoms with E-state index in [1.807, 2.05) is 38.1 Å². The molecule has 0 radical (unpaired) electrons. The first-order chi connectivity index (χ1) is 10.0. The molecule has 3 nitrogen and oxygen atoms in total. The zero-order valence-corrected chi connectivity index (χ0v) is 11.9. The number of hydrogen-bond donors (Lipinski definition) is 1. The van der Waals surface area contributed by atoms with E-state index in [1.54, 1.807) is 18.2 Å². The van der Waals surface area contributed by atoms with Crippen molar-refractivity contribution in [3.63, 3.8) is 0 Å². The lowest BCUT2D eigenvalue weighted by Gasteiger charge is -2.18. The fourth-order valence-corrected chi connectivity index (χ4v) is 2.68. The largest absolute Gasteiger partial charge is 0.288 e. The molecule has 0 unspecified atom stereocenters. The van der Waals surface area contributed by atoms with Crippen LogP contribution in [0.4, 0.5) is 0 Å². The summed E-state index contributed by atoms with van der Waals surface area (Å²) in [5.41, 5.74) is 4.99. The van der Waals surface area contributed by atoms with E-state index in [2.05, 4.69) is 11.4 Å². The van der Waals surface area contributed by atoms with Crippen LogP contribution in [-0.4, -0.2) is 11.8 Å². The number of aryl methyl sites for hydroxylation is 2. The van der Waals surface area contributed by atoms with Gasteiger partial charge in [0.05, 0.1) is 0 Å². The van der Waals surface area contributed by atoms with E-state index in [0.717, 1.165) is 16.7 Å². The Kier molecular flexibility index (Phi) is 3.18. The van der Waals surface area contributed by atoms with Crippen molar-refractivity contribution in [3.8, 4) is 0 Å². The van der Waals surface area contributed by atoms with Crippen molar-refractivity contribution in [1.29, 1.82) is 0 Å². The van der Waals surface area contributed by atoms with Crippen LogP contribution in [0.2, 0.25) is 0 Å². The number of nitrogens with one attached hydrogen (secondary N) is 1. The van der Waals surface area contributed by atoms with Gasteiger partial charge in [-0.2, -0.15) is 0 Å². The molecule has 1 aliphatic heterocycles. The summed E-state index contributed by atoms with van der Waals surface area (Å²) in [7, 11) is 0. The summed E-state index contributed by atoms with van der Waals surface area (Å²) < 4.78 is 0. The molecule has 2 amide bonds. The minimum Gasteiger partial charge on any atom is -0.288 e. The third-order valence-corrected chi connectivity index (χ3v) is 3.49. The number of carbonyl (C=O) groups excluding carboxylic acids is 2. The Hall–Kier alpha value is -2.68. The molecule has 21 heavy (non-hydrogen) atoms. The summed E-state index contributed by atoms with van der Waals surface area (Å²) in [5, 5.41) is 2.39. The lowest BCUT2D eigenvalue weighted by Crippen LogP contribution is -2.36. The molecule has 3 rings (SSSR count). The summed E-state index contributed by atoms with van der Waals surface area (Å²) >= 11 is 0. The first-order valence-corrected chi connectivity index (χ1v) is 6.79. The van der Waals surface area contributed by atoms with Crippen molar-refractivity contribution in [2.24, 2.45) is 0 Å². The Balaban J connectivity index is 2.17. The summed E-state index contributed by atoms with van der Waals surface area (Å²) in [6.07, 6.45) is 1.83. The van der Waals surface area contributed by atoms with Crippen molar-refractivity contribution in [2.45, 2.75) is 13.8 Å². The van der Waals surface area contributed by atoms with Crippen molar-refractivity contribution in [1.82, 2.24) is 5.32 Å². The van der Waals surface area contributed by atoms with Crippen LogP contribution in [0.25, 0.3) is 11.6 Å². The molecular weight excluding hydrogens is 262 g/mol. The average molecular weight is 277 g/mol. The van der Waals surface area contributed by atoms with E-state index in [1.165, 1.54) is 0 Å². The molecule has 3 heteroatoms. The second-order valence-electron chi connectivity index (χ2n) is 5.31. The Bertz CT molecular complexity index is 767. The molecule has 2 aromatic carbocycles. The molecule has 1 N–H and O–H groups in total. The zero-order valence-electron chi connectivity index (χ0n) is 11.9. The molecule has 0 fully saturated rings. The normalized spacial score (nSPS) is 15.8. The molecule has 104 valence electrons. The molecule has 1 aliphatic rings. The van der Waals surface area contributed by atoms with Gasteiger partial charge in [-0.3, -0.25) is 14.9 Å². The highest BCUT2D eigenvalue weighted by molar-refractivity contribution is 6.33. The van der Waals surface area contributed by atoms with Gasteiger partial charge in [-0.15, -0.1) is 0 Å². The van der Waals surface area contributed by atoms with Gasteiger partial charge in [0.25, 0.3) is 11.8 Å². The lowest BCUT2D eigenvalue weighted by atomic mass is 9.93. The number of carbonyl (C=O) groups is 2. The number of imide groups is 1. The maximum Gasteiger partial charge on any atom is 0.258 e. The molecule has 2 aromatic rings. The van der Waals surface area contributed by atoms with Crippen LogP contribution in [0.15, 0.2) is 42.5 Å². The van der Waals surface area contributed by atoms with Crippen molar-refractivity contribution < 1.29 is 9.59 Å². The van der Waals surface area contributed by atoms with Gasteiger partial charge in [0.1, 0.15) is 0 Å². The van der Waals surface area contributed by atoms with Crippen LogP contribution >= 0.6 is 0 Å². The van der Waals surface area contributed by atoms with Gasteiger partial charge in [0.2, 0.25) is 0 Å². The summed E-state index contributed by atoms with van der Waals surface area (Å²) in [6.45, 7) is 4.04. The molecule has 1 heterocycles. The molecule has 0 spiro atoms. The Labute approximate surface area is 123 Å². The molecule has 0 aliphatic carbocycles. The van der Waals surface area contributed by atoms with E-state index in [0.29, 0.717) is 16.7 Å². The van der Waals surface area contributed by atoms with Gasteiger partial charge in [-0.05, 0) is 37.1 Å².